The topological polar surface area (TPSA) is 82.6 Å². The monoisotopic (exact) mass is 283 g/mol. The molecule has 0 atom stereocenters. The predicted molar refractivity (Wildman–Crippen MR) is 72.7 cm³/mol. The van der Waals surface area contributed by atoms with Crippen molar-refractivity contribution in [2.24, 2.45) is 0 Å². The third-order valence-electron chi connectivity index (χ3n) is 2.59. The first kappa shape index (κ1) is 16.2. The molecule has 0 spiro atoms. The summed E-state index contributed by atoms with van der Waals surface area (Å²) in [5.41, 5.74) is 0.758. The lowest BCUT2D eigenvalue weighted by molar-refractivity contribution is -0.143. The van der Waals surface area contributed by atoms with Crippen LogP contribution < -0.4 is 14.8 Å². The van der Waals surface area contributed by atoms with Crippen LogP contribution in [0.4, 0.5) is 0 Å². The molecule has 7 heteroatoms. The number of hydrogen-bond acceptors (Lipinski definition) is 7. The maximum Gasteiger partial charge on any atom is 0.305 e. The van der Waals surface area contributed by atoms with Crippen molar-refractivity contribution in [2.45, 2.75) is 26.3 Å². The summed E-state index contributed by atoms with van der Waals surface area (Å²) >= 11 is 0. The van der Waals surface area contributed by atoms with Crippen LogP contribution in [0.5, 0.6) is 11.8 Å². The molecule has 0 aliphatic heterocycles. The van der Waals surface area contributed by atoms with E-state index in [-0.39, 0.29) is 5.97 Å². The standard InChI is InChI=1S/C13H21N3O4/c1-4-20-11(17)6-5-7-14-8-10-12(18-2)15-9-16-13(10)19-3/h9,14H,4-8H2,1-3H3. The average Bonchev–Trinajstić information content (AvgIpc) is 2.47. The molecule has 0 amide bonds. The first-order valence-electron chi connectivity index (χ1n) is 6.51. The number of ether oxygens (including phenoxy) is 3. The summed E-state index contributed by atoms with van der Waals surface area (Å²) in [6.07, 6.45) is 2.50. The Balaban J connectivity index is 2.40. The molecule has 112 valence electrons. The fourth-order valence-electron chi connectivity index (χ4n) is 1.69. The molecule has 0 aromatic carbocycles. The normalized spacial score (nSPS) is 10.2. The number of methoxy groups -OCH3 is 2. The van der Waals surface area contributed by atoms with Gasteiger partial charge in [-0.05, 0) is 19.9 Å². The van der Waals surface area contributed by atoms with Crippen molar-refractivity contribution in [2.75, 3.05) is 27.4 Å². The molecule has 0 bridgehead atoms. The summed E-state index contributed by atoms with van der Waals surface area (Å²) in [6, 6.07) is 0. The molecule has 1 rings (SSSR count). The second kappa shape index (κ2) is 9.08. The molecule has 0 aliphatic rings. The lowest BCUT2D eigenvalue weighted by Gasteiger charge is -2.11. The van der Waals surface area contributed by atoms with E-state index in [1.54, 1.807) is 21.1 Å². The van der Waals surface area contributed by atoms with E-state index in [0.717, 1.165) is 5.56 Å². The number of nitrogens with one attached hydrogen (secondary N) is 1. The quantitative estimate of drug-likeness (QED) is 0.533. The Kier molecular flexibility index (Phi) is 7.34. The van der Waals surface area contributed by atoms with Gasteiger partial charge in [-0.25, -0.2) is 9.97 Å². The van der Waals surface area contributed by atoms with Crippen LogP contribution in [0.25, 0.3) is 0 Å². The fraction of sp³-hybridized carbons (Fsp3) is 0.615. The predicted octanol–water partition coefficient (Wildman–Crippen LogP) is 0.927. The largest absolute Gasteiger partial charge is 0.481 e. The van der Waals surface area contributed by atoms with Gasteiger partial charge < -0.3 is 19.5 Å². The molecule has 0 saturated carbocycles. The van der Waals surface area contributed by atoms with E-state index in [9.17, 15) is 4.79 Å². The molecule has 1 heterocycles. The molecule has 20 heavy (non-hydrogen) atoms. The van der Waals surface area contributed by atoms with Gasteiger partial charge in [0.25, 0.3) is 0 Å². The number of hydrogen-bond donors (Lipinski definition) is 1. The van der Waals surface area contributed by atoms with E-state index in [2.05, 4.69) is 15.3 Å². The maximum absolute atomic E-state index is 11.2. The average molecular weight is 283 g/mol. The summed E-state index contributed by atoms with van der Waals surface area (Å²) in [5.74, 6) is 0.789. The minimum Gasteiger partial charge on any atom is -0.481 e. The van der Waals surface area contributed by atoms with Crippen LogP contribution in [0, 0.1) is 0 Å². The Hall–Kier alpha value is -1.89. The van der Waals surface area contributed by atoms with Crippen molar-refractivity contribution in [1.29, 1.82) is 0 Å². The Labute approximate surface area is 118 Å². The van der Waals surface area contributed by atoms with Gasteiger partial charge in [-0.3, -0.25) is 4.79 Å². The Bertz CT molecular complexity index is 404. The van der Waals surface area contributed by atoms with E-state index in [1.165, 1.54) is 6.33 Å². The highest BCUT2D eigenvalue weighted by Gasteiger charge is 2.12. The molecule has 0 radical (unpaired) electrons. The molecule has 0 unspecified atom stereocenters. The molecule has 7 nitrogen and oxygen atoms in total. The molecule has 0 fully saturated rings. The first-order chi connectivity index (χ1) is 9.72. The third kappa shape index (κ3) is 5.00. The molecule has 0 saturated heterocycles. The van der Waals surface area contributed by atoms with E-state index in [0.29, 0.717) is 44.3 Å². The number of esters is 1. The van der Waals surface area contributed by atoms with Crippen molar-refractivity contribution in [3.63, 3.8) is 0 Å². The van der Waals surface area contributed by atoms with Crippen molar-refractivity contribution in [3.8, 4) is 11.8 Å². The first-order valence-corrected chi connectivity index (χ1v) is 6.51. The van der Waals surface area contributed by atoms with E-state index < -0.39 is 0 Å². The van der Waals surface area contributed by atoms with E-state index in [4.69, 9.17) is 14.2 Å². The minimum absolute atomic E-state index is 0.174. The lowest BCUT2D eigenvalue weighted by atomic mass is 10.2. The van der Waals surface area contributed by atoms with Crippen LogP contribution in [0.15, 0.2) is 6.33 Å². The highest BCUT2D eigenvalue weighted by molar-refractivity contribution is 5.69. The summed E-state index contributed by atoms with van der Waals surface area (Å²) < 4.78 is 15.2. The Morgan fingerprint density at radius 3 is 2.45 bits per heavy atom. The minimum atomic E-state index is -0.174. The SMILES string of the molecule is CCOC(=O)CCCNCc1c(OC)ncnc1OC. The smallest absolute Gasteiger partial charge is 0.305 e. The third-order valence-corrected chi connectivity index (χ3v) is 2.59. The van der Waals surface area contributed by atoms with Gasteiger partial charge in [-0.2, -0.15) is 0 Å². The second-order valence-corrected chi connectivity index (χ2v) is 3.96. The zero-order valence-electron chi connectivity index (χ0n) is 12.1. The van der Waals surface area contributed by atoms with Crippen molar-refractivity contribution >= 4 is 5.97 Å². The van der Waals surface area contributed by atoms with Crippen LogP contribution in [-0.2, 0) is 16.1 Å². The summed E-state index contributed by atoms with van der Waals surface area (Å²) in [5, 5.41) is 3.20. The molecule has 1 aromatic rings. The molecule has 1 aromatic heterocycles. The summed E-state index contributed by atoms with van der Waals surface area (Å²) in [6.45, 7) is 3.40. The van der Waals surface area contributed by atoms with Gasteiger partial charge in [0.15, 0.2) is 0 Å². The zero-order valence-corrected chi connectivity index (χ0v) is 12.1. The highest BCUT2D eigenvalue weighted by atomic mass is 16.5. The Morgan fingerprint density at radius 1 is 1.25 bits per heavy atom. The summed E-state index contributed by atoms with van der Waals surface area (Å²) in [4.78, 5) is 19.2. The van der Waals surface area contributed by atoms with E-state index >= 15 is 0 Å². The van der Waals surface area contributed by atoms with Gasteiger partial charge >= 0.3 is 5.97 Å². The number of carbonyl (C=O) groups is 1. The van der Waals surface area contributed by atoms with Crippen LogP contribution in [-0.4, -0.2) is 43.3 Å². The molecular formula is C13H21N3O4. The van der Waals surface area contributed by atoms with Gasteiger partial charge in [-0.1, -0.05) is 0 Å². The number of nitrogens with zero attached hydrogens (tertiary/aromatic N) is 2. The van der Waals surface area contributed by atoms with Crippen molar-refractivity contribution < 1.29 is 19.0 Å². The van der Waals surface area contributed by atoms with Crippen LogP contribution in [0.2, 0.25) is 0 Å². The number of aromatic nitrogens is 2. The van der Waals surface area contributed by atoms with Gasteiger partial charge in [-0.15, -0.1) is 0 Å². The Morgan fingerprint density at radius 2 is 1.90 bits per heavy atom. The zero-order chi connectivity index (χ0) is 14.8. The van der Waals surface area contributed by atoms with Crippen LogP contribution in [0.3, 0.4) is 0 Å². The highest BCUT2D eigenvalue weighted by Crippen LogP contribution is 2.22. The fourth-order valence-corrected chi connectivity index (χ4v) is 1.69. The maximum atomic E-state index is 11.2. The second-order valence-electron chi connectivity index (χ2n) is 3.96. The van der Waals surface area contributed by atoms with E-state index in [1.807, 2.05) is 0 Å². The summed E-state index contributed by atoms with van der Waals surface area (Å²) in [7, 11) is 3.10. The molecular weight excluding hydrogens is 262 g/mol. The number of rotatable bonds is 9. The molecule has 1 N–H and O–H groups in total. The number of carbonyl (C=O) groups excluding carboxylic acids is 1. The van der Waals surface area contributed by atoms with Gasteiger partial charge in [0.1, 0.15) is 6.33 Å². The van der Waals surface area contributed by atoms with Crippen molar-refractivity contribution in [1.82, 2.24) is 15.3 Å². The molecule has 0 aliphatic carbocycles. The lowest BCUT2D eigenvalue weighted by Crippen LogP contribution is -2.18. The van der Waals surface area contributed by atoms with Gasteiger partial charge in [0.05, 0.1) is 26.4 Å². The van der Waals surface area contributed by atoms with Gasteiger partial charge in [0.2, 0.25) is 11.8 Å². The van der Waals surface area contributed by atoms with Crippen LogP contribution >= 0.6 is 0 Å². The van der Waals surface area contributed by atoms with Gasteiger partial charge in [0, 0.05) is 13.0 Å². The van der Waals surface area contributed by atoms with Crippen molar-refractivity contribution in [3.05, 3.63) is 11.9 Å². The van der Waals surface area contributed by atoms with Crippen LogP contribution in [0.1, 0.15) is 25.3 Å².